The second kappa shape index (κ2) is 60.6. The minimum atomic E-state index is -1.78. The fourth-order valence-corrected chi connectivity index (χ4v) is 13.4. The molecule has 0 radical (unpaired) electrons. The van der Waals surface area contributed by atoms with E-state index in [1.165, 1.54) is 302 Å². The summed E-state index contributed by atoms with van der Waals surface area (Å²) in [6.07, 6.45) is 57.1. The van der Waals surface area contributed by atoms with Gasteiger partial charge in [0, 0.05) is 6.42 Å². The number of nitrogens with one attached hydrogen (secondary N) is 1. The molecule has 0 aromatic carbocycles. The lowest BCUT2D eigenvalue weighted by Gasteiger charge is -2.46. The Morgan fingerprint density at radius 1 is 0.360 bits per heavy atom. The van der Waals surface area contributed by atoms with Crippen molar-refractivity contribution in [2.24, 2.45) is 0 Å². The van der Waals surface area contributed by atoms with Gasteiger partial charge < -0.3 is 65.1 Å². The number of aliphatic hydroxyl groups is 8. The summed E-state index contributed by atoms with van der Waals surface area (Å²) >= 11 is 0. The van der Waals surface area contributed by atoms with Crippen LogP contribution in [0.1, 0.15) is 380 Å². The van der Waals surface area contributed by atoms with E-state index >= 15 is 0 Å². The van der Waals surface area contributed by atoms with Crippen LogP contribution in [0.4, 0.5) is 0 Å². The average molecular weight is 1270 g/mol. The number of aliphatic hydroxyl groups excluding tert-OH is 8. The fraction of sp³-hybridized carbons (Fsp3) is 0.987. The minimum Gasteiger partial charge on any atom is -0.394 e. The van der Waals surface area contributed by atoms with Crippen LogP contribution < -0.4 is 5.32 Å². The van der Waals surface area contributed by atoms with Crippen LogP contribution in [-0.4, -0.2) is 140 Å². The van der Waals surface area contributed by atoms with Crippen molar-refractivity contribution >= 4 is 5.91 Å². The first-order chi connectivity index (χ1) is 43.6. The van der Waals surface area contributed by atoms with E-state index in [4.69, 9.17) is 18.9 Å². The molecule has 2 aliphatic heterocycles. The van der Waals surface area contributed by atoms with Crippen LogP contribution in [0.15, 0.2) is 0 Å². The van der Waals surface area contributed by atoms with Gasteiger partial charge in [-0.3, -0.25) is 4.79 Å². The van der Waals surface area contributed by atoms with Crippen LogP contribution in [0.3, 0.4) is 0 Å². The maximum absolute atomic E-state index is 13.4. The van der Waals surface area contributed by atoms with Crippen molar-refractivity contribution in [1.29, 1.82) is 0 Å². The number of unbranched alkanes of at least 4 members (excludes halogenated alkanes) is 53. The van der Waals surface area contributed by atoms with Gasteiger partial charge in [0.2, 0.25) is 5.91 Å². The van der Waals surface area contributed by atoms with Crippen LogP contribution >= 0.6 is 0 Å². The number of carbonyl (C=O) groups excluding carboxylic acids is 1. The molecule has 2 fully saturated rings. The molecule has 0 saturated carbocycles. The van der Waals surface area contributed by atoms with Gasteiger partial charge in [-0.2, -0.15) is 0 Å². The summed E-state index contributed by atoms with van der Waals surface area (Å²) < 4.78 is 23.0. The molecule has 9 N–H and O–H groups in total. The standard InChI is InChI=1S/C75H147NO13/c1-3-5-7-9-11-13-15-17-19-21-23-25-27-28-29-30-31-32-33-34-35-37-39-41-43-45-47-49-51-53-55-57-59-67(80)76-63(62-86-74-72(85)70(83)73(66(61-78)88-74)89-75-71(84)69(82)68(81)65(60-77)87-75)64(79)58-56-54-52-50-48-46-44-42-40-38-36-26-24-22-20-18-16-14-12-10-8-6-4-2/h63-66,68-75,77-79,81-85H,3-62H2,1-2H3,(H,76,80). The quantitative estimate of drug-likeness (QED) is 0.0259. The molecule has 89 heavy (non-hydrogen) atoms. The molecule has 2 saturated heterocycles. The van der Waals surface area contributed by atoms with Gasteiger partial charge in [0.05, 0.1) is 32.0 Å². The molecule has 2 heterocycles. The third-order valence-electron chi connectivity index (χ3n) is 19.6. The van der Waals surface area contributed by atoms with Crippen molar-refractivity contribution in [3.8, 4) is 0 Å². The van der Waals surface area contributed by atoms with Crippen molar-refractivity contribution in [1.82, 2.24) is 5.32 Å². The third-order valence-corrected chi connectivity index (χ3v) is 19.6. The van der Waals surface area contributed by atoms with Crippen LogP contribution in [0.25, 0.3) is 0 Å². The van der Waals surface area contributed by atoms with Crippen molar-refractivity contribution in [3.63, 3.8) is 0 Å². The lowest BCUT2D eigenvalue weighted by molar-refractivity contribution is -0.359. The van der Waals surface area contributed by atoms with Gasteiger partial charge in [0.15, 0.2) is 12.6 Å². The van der Waals surface area contributed by atoms with Gasteiger partial charge in [-0.25, -0.2) is 0 Å². The van der Waals surface area contributed by atoms with E-state index in [1.807, 2.05) is 0 Å². The summed E-state index contributed by atoms with van der Waals surface area (Å²) in [5.41, 5.74) is 0. The summed E-state index contributed by atoms with van der Waals surface area (Å²) in [5.74, 6) is -0.195. The molecule has 0 spiro atoms. The molecule has 12 atom stereocenters. The van der Waals surface area contributed by atoms with E-state index in [0.29, 0.717) is 12.8 Å². The number of ether oxygens (including phenoxy) is 4. The zero-order valence-corrected chi connectivity index (χ0v) is 58.0. The SMILES string of the molecule is CCCCCCCCCCCCCCCCCCCCCCCCCCCCCCCCCCC(=O)NC(COC1OC(CO)C(OC2OC(CO)C(O)C(O)C2O)C(O)C1O)C(O)CCCCCCCCCCCCCCCCCCCCCCCCC. The molecule has 14 heteroatoms. The lowest BCUT2D eigenvalue weighted by atomic mass is 9.97. The molecule has 14 nitrogen and oxygen atoms in total. The third kappa shape index (κ3) is 44.4. The molecular weight excluding hydrogens is 1120 g/mol. The van der Waals surface area contributed by atoms with Crippen LogP contribution in [0.5, 0.6) is 0 Å². The predicted molar refractivity (Wildman–Crippen MR) is 365 cm³/mol. The van der Waals surface area contributed by atoms with Crippen LogP contribution in [0, 0.1) is 0 Å². The predicted octanol–water partition coefficient (Wildman–Crippen LogP) is 16.7. The first-order valence-electron chi connectivity index (χ1n) is 38.8. The molecule has 2 aliphatic rings. The monoisotopic (exact) mass is 1270 g/mol. The Balaban J connectivity index is 1.60. The van der Waals surface area contributed by atoms with Crippen LogP contribution in [-0.2, 0) is 23.7 Å². The Morgan fingerprint density at radius 3 is 0.955 bits per heavy atom. The normalized spacial score (nSPS) is 22.9. The molecular formula is C75H147NO13. The Labute approximate surface area is 546 Å². The zero-order valence-electron chi connectivity index (χ0n) is 58.0. The summed E-state index contributed by atoms with van der Waals surface area (Å²) in [6.45, 7) is 2.94. The average Bonchev–Trinajstić information content (AvgIpc) is 2.51. The van der Waals surface area contributed by atoms with Gasteiger partial charge in [0.25, 0.3) is 0 Å². The highest BCUT2D eigenvalue weighted by molar-refractivity contribution is 5.76. The second-order valence-corrected chi connectivity index (χ2v) is 27.9. The Morgan fingerprint density at radius 2 is 0.640 bits per heavy atom. The van der Waals surface area contributed by atoms with E-state index in [0.717, 1.165) is 51.4 Å². The molecule has 0 aromatic heterocycles. The fourth-order valence-electron chi connectivity index (χ4n) is 13.4. The van der Waals surface area contributed by atoms with Crippen molar-refractivity contribution in [3.05, 3.63) is 0 Å². The van der Waals surface area contributed by atoms with Crippen molar-refractivity contribution in [2.75, 3.05) is 19.8 Å². The van der Waals surface area contributed by atoms with Gasteiger partial charge in [-0.15, -0.1) is 0 Å². The first kappa shape index (κ1) is 84.1. The highest BCUT2D eigenvalue weighted by atomic mass is 16.7. The second-order valence-electron chi connectivity index (χ2n) is 27.9. The van der Waals surface area contributed by atoms with Crippen LogP contribution in [0.2, 0.25) is 0 Å². The summed E-state index contributed by atoms with van der Waals surface area (Å²) in [6, 6.07) is -0.825. The molecule has 1 amide bonds. The van der Waals surface area contributed by atoms with Crippen molar-refractivity contribution < 1.29 is 64.6 Å². The van der Waals surface area contributed by atoms with Crippen molar-refractivity contribution in [2.45, 2.75) is 453 Å². The Hall–Kier alpha value is -1.01. The van der Waals surface area contributed by atoms with E-state index in [-0.39, 0.29) is 12.5 Å². The minimum absolute atomic E-state index is 0.195. The highest BCUT2D eigenvalue weighted by Crippen LogP contribution is 2.30. The van der Waals surface area contributed by atoms with Gasteiger partial charge in [-0.05, 0) is 12.8 Å². The largest absolute Gasteiger partial charge is 0.394 e. The lowest BCUT2D eigenvalue weighted by Crippen LogP contribution is -2.65. The molecule has 12 unspecified atom stereocenters. The van der Waals surface area contributed by atoms with E-state index in [1.54, 1.807) is 0 Å². The van der Waals surface area contributed by atoms with Gasteiger partial charge >= 0.3 is 0 Å². The molecule has 0 aromatic rings. The van der Waals surface area contributed by atoms with E-state index < -0.39 is 86.8 Å². The molecule has 0 aliphatic carbocycles. The number of carbonyl (C=O) groups is 1. The topological polar surface area (TPSA) is 228 Å². The van der Waals surface area contributed by atoms with E-state index in [2.05, 4.69) is 19.2 Å². The van der Waals surface area contributed by atoms with Gasteiger partial charge in [-0.1, -0.05) is 361 Å². The first-order valence-corrected chi connectivity index (χ1v) is 38.8. The number of rotatable bonds is 66. The highest BCUT2D eigenvalue weighted by Gasteiger charge is 2.51. The summed E-state index contributed by atoms with van der Waals surface area (Å²) in [4.78, 5) is 13.4. The summed E-state index contributed by atoms with van der Waals surface area (Å²) in [5, 5.41) is 87.8. The number of amides is 1. The summed E-state index contributed by atoms with van der Waals surface area (Å²) in [7, 11) is 0. The number of hydrogen-bond donors (Lipinski definition) is 9. The Kier molecular flexibility index (Phi) is 57.3. The Bertz CT molecular complexity index is 1500. The smallest absolute Gasteiger partial charge is 0.220 e. The maximum atomic E-state index is 13.4. The van der Waals surface area contributed by atoms with Gasteiger partial charge in [0.1, 0.15) is 48.8 Å². The zero-order chi connectivity index (χ0) is 64.5. The number of hydrogen-bond acceptors (Lipinski definition) is 13. The molecule has 0 bridgehead atoms. The maximum Gasteiger partial charge on any atom is 0.220 e. The molecule has 530 valence electrons. The molecule has 2 rings (SSSR count). The van der Waals surface area contributed by atoms with E-state index in [9.17, 15) is 45.6 Å².